The van der Waals surface area contributed by atoms with Gasteiger partial charge in [-0.25, -0.2) is 0 Å². The molecule has 0 saturated heterocycles. The van der Waals surface area contributed by atoms with Gasteiger partial charge in [0.15, 0.2) is 0 Å². The summed E-state index contributed by atoms with van der Waals surface area (Å²) in [6, 6.07) is 3.99. The van der Waals surface area contributed by atoms with Crippen LogP contribution in [0.5, 0.6) is 5.75 Å². The maximum absolute atomic E-state index is 6.07. The topological polar surface area (TPSA) is 9.23 Å². The maximum atomic E-state index is 6.07. The molecule has 0 amide bonds. The number of halogens is 2. The normalized spacial score (nSPS) is 10.8. The molecule has 1 nitrogen and oxygen atoms in total. The van der Waals surface area contributed by atoms with E-state index in [2.05, 4.69) is 15.9 Å². The number of thiophene rings is 1. The lowest BCUT2D eigenvalue weighted by atomic mass is 10.2. The molecular weight excluding hydrogens is 284 g/mol. The highest BCUT2D eigenvalue weighted by Crippen LogP contribution is 2.40. The van der Waals surface area contributed by atoms with Crippen LogP contribution in [0.15, 0.2) is 22.0 Å². The number of hydrogen-bond acceptors (Lipinski definition) is 2. The van der Waals surface area contributed by atoms with Gasteiger partial charge in [-0.2, -0.15) is 0 Å². The largest absolute Gasteiger partial charge is 0.493 e. The summed E-state index contributed by atoms with van der Waals surface area (Å²) in [5.74, 6) is 0.848. The van der Waals surface area contributed by atoms with Gasteiger partial charge in [0.1, 0.15) is 5.75 Å². The molecule has 14 heavy (non-hydrogen) atoms. The number of hydrogen-bond donors (Lipinski definition) is 0. The molecule has 0 fully saturated rings. The second-order valence-corrected chi connectivity index (χ2v) is 4.88. The van der Waals surface area contributed by atoms with Crippen LogP contribution in [0.25, 0.3) is 10.1 Å². The second-order valence-electron chi connectivity index (χ2n) is 2.77. The Morgan fingerprint density at radius 1 is 1.50 bits per heavy atom. The first-order chi connectivity index (χ1) is 6.74. The molecule has 0 radical (unpaired) electrons. The standard InChI is InChI=1S/C10H8BrClOS/c1-2-13-7-3-4-8-9(10(7)11)6(12)5-14-8/h3-5H,2H2,1H3. The third kappa shape index (κ3) is 1.64. The highest BCUT2D eigenvalue weighted by molar-refractivity contribution is 9.10. The lowest BCUT2D eigenvalue weighted by molar-refractivity contribution is 0.339. The zero-order valence-corrected chi connectivity index (χ0v) is 10.7. The highest BCUT2D eigenvalue weighted by Gasteiger charge is 2.10. The molecule has 0 atom stereocenters. The molecule has 2 aromatic rings. The van der Waals surface area contributed by atoms with E-state index in [1.54, 1.807) is 11.3 Å². The molecule has 2 rings (SSSR count). The van der Waals surface area contributed by atoms with E-state index >= 15 is 0 Å². The monoisotopic (exact) mass is 290 g/mol. The van der Waals surface area contributed by atoms with E-state index in [0.717, 1.165) is 20.6 Å². The summed E-state index contributed by atoms with van der Waals surface area (Å²) in [6.07, 6.45) is 0. The lowest BCUT2D eigenvalue weighted by Crippen LogP contribution is -1.91. The van der Waals surface area contributed by atoms with Gasteiger partial charge in [-0.1, -0.05) is 11.6 Å². The Balaban J connectivity index is 2.66. The van der Waals surface area contributed by atoms with Crippen LogP contribution in [0.4, 0.5) is 0 Å². The molecule has 1 aromatic carbocycles. The van der Waals surface area contributed by atoms with Crippen LogP contribution >= 0.6 is 38.9 Å². The summed E-state index contributed by atoms with van der Waals surface area (Å²) in [4.78, 5) is 0. The molecule has 0 saturated carbocycles. The van der Waals surface area contributed by atoms with Gasteiger partial charge in [0.05, 0.1) is 16.1 Å². The van der Waals surface area contributed by atoms with Gasteiger partial charge < -0.3 is 4.74 Å². The smallest absolute Gasteiger partial charge is 0.134 e. The van der Waals surface area contributed by atoms with Crippen LogP contribution in [-0.2, 0) is 0 Å². The number of fused-ring (bicyclic) bond motifs is 1. The van der Waals surface area contributed by atoms with E-state index in [4.69, 9.17) is 16.3 Å². The van der Waals surface area contributed by atoms with Crippen molar-refractivity contribution in [2.75, 3.05) is 6.61 Å². The van der Waals surface area contributed by atoms with Gasteiger partial charge in [0, 0.05) is 15.5 Å². The fourth-order valence-electron chi connectivity index (χ4n) is 1.30. The Hall–Kier alpha value is -0.250. The number of ether oxygens (including phenoxy) is 1. The first-order valence-corrected chi connectivity index (χ1v) is 6.27. The minimum absolute atomic E-state index is 0.659. The lowest BCUT2D eigenvalue weighted by Gasteiger charge is -2.06. The first-order valence-electron chi connectivity index (χ1n) is 4.22. The highest BCUT2D eigenvalue weighted by atomic mass is 79.9. The van der Waals surface area contributed by atoms with E-state index < -0.39 is 0 Å². The SMILES string of the molecule is CCOc1ccc2scc(Cl)c2c1Br. The Morgan fingerprint density at radius 3 is 3.00 bits per heavy atom. The van der Waals surface area contributed by atoms with E-state index in [-0.39, 0.29) is 0 Å². The second kappa shape index (κ2) is 4.09. The molecule has 1 aromatic heterocycles. The quantitative estimate of drug-likeness (QED) is 0.778. The zero-order chi connectivity index (χ0) is 10.1. The predicted octanol–water partition coefficient (Wildman–Crippen LogP) is 4.72. The summed E-state index contributed by atoms with van der Waals surface area (Å²) in [6.45, 7) is 2.62. The third-order valence-electron chi connectivity index (χ3n) is 1.90. The zero-order valence-electron chi connectivity index (χ0n) is 7.51. The van der Waals surface area contributed by atoms with Crippen molar-refractivity contribution >= 4 is 49.0 Å². The summed E-state index contributed by atoms with van der Waals surface area (Å²) in [5.41, 5.74) is 0. The van der Waals surface area contributed by atoms with Crippen LogP contribution < -0.4 is 4.74 Å². The fourth-order valence-corrected chi connectivity index (χ4v) is 3.43. The average molecular weight is 292 g/mol. The van der Waals surface area contributed by atoms with E-state index in [9.17, 15) is 0 Å². The van der Waals surface area contributed by atoms with Crippen LogP contribution in [0.3, 0.4) is 0 Å². The molecule has 1 heterocycles. The predicted molar refractivity (Wildman–Crippen MR) is 65.7 cm³/mol. The first kappa shape index (κ1) is 10.3. The molecule has 0 aliphatic rings. The number of benzene rings is 1. The molecule has 0 aliphatic heterocycles. The molecule has 0 unspecified atom stereocenters. The van der Waals surface area contributed by atoms with Gasteiger partial charge in [-0.15, -0.1) is 11.3 Å². The summed E-state index contributed by atoms with van der Waals surface area (Å²) < 4.78 is 7.59. The van der Waals surface area contributed by atoms with E-state index in [1.165, 1.54) is 4.70 Å². The fraction of sp³-hybridized carbons (Fsp3) is 0.200. The van der Waals surface area contributed by atoms with Gasteiger partial charge in [0.25, 0.3) is 0 Å². The third-order valence-corrected chi connectivity index (χ3v) is 4.06. The Bertz CT molecular complexity index is 466. The molecule has 74 valence electrons. The van der Waals surface area contributed by atoms with Crippen molar-refractivity contribution in [2.24, 2.45) is 0 Å². The van der Waals surface area contributed by atoms with E-state index in [1.807, 2.05) is 24.4 Å². The van der Waals surface area contributed by atoms with Crippen molar-refractivity contribution in [3.8, 4) is 5.75 Å². The molecule has 0 spiro atoms. The van der Waals surface area contributed by atoms with Crippen LogP contribution in [0, 0.1) is 0 Å². The van der Waals surface area contributed by atoms with Crippen molar-refractivity contribution < 1.29 is 4.74 Å². The summed E-state index contributed by atoms with van der Waals surface area (Å²) >= 11 is 11.2. The van der Waals surface area contributed by atoms with E-state index in [0.29, 0.717) is 6.61 Å². The van der Waals surface area contributed by atoms with Crippen molar-refractivity contribution in [3.05, 3.63) is 27.0 Å². The molecule has 4 heteroatoms. The Labute approximate surface area is 99.8 Å². The Kier molecular flexibility index (Phi) is 3.00. The van der Waals surface area contributed by atoms with Crippen LogP contribution in [0.2, 0.25) is 5.02 Å². The Morgan fingerprint density at radius 2 is 2.29 bits per heavy atom. The van der Waals surface area contributed by atoms with Crippen LogP contribution in [0.1, 0.15) is 6.92 Å². The number of rotatable bonds is 2. The minimum Gasteiger partial charge on any atom is -0.493 e. The van der Waals surface area contributed by atoms with Crippen molar-refractivity contribution in [1.29, 1.82) is 0 Å². The minimum atomic E-state index is 0.659. The van der Waals surface area contributed by atoms with Gasteiger partial charge in [-0.05, 0) is 35.0 Å². The maximum Gasteiger partial charge on any atom is 0.134 e. The van der Waals surface area contributed by atoms with Gasteiger partial charge in [0.2, 0.25) is 0 Å². The molecule has 0 aliphatic carbocycles. The van der Waals surface area contributed by atoms with Gasteiger partial charge in [-0.3, -0.25) is 0 Å². The summed E-state index contributed by atoms with van der Waals surface area (Å²) in [7, 11) is 0. The van der Waals surface area contributed by atoms with Crippen LogP contribution in [-0.4, -0.2) is 6.61 Å². The van der Waals surface area contributed by atoms with Crippen molar-refractivity contribution in [2.45, 2.75) is 6.92 Å². The van der Waals surface area contributed by atoms with Gasteiger partial charge >= 0.3 is 0 Å². The summed E-state index contributed by atoms with van der Waals surface area (Å²) in [5, 5.41) is 3.76. The molecular formula is C10H8BrClOS. The average Bonchev–Trinajstić information content (AvgIpc) is 2.54. The van der Waals surface area contributed by atoms with Crippen molar-refractivity contribution in [3.63, 3.8) is 0 Å². The van der Waals surface area contributed by atoms with Crippen molar-refractivity contribution in [1.82, 2.24) is 0 Å². The molecule has 0 N–H and O–H groups in total. The molecule has 0 bridgehead atoms.